The van der Waals surface area contributed by atoms with Crippen LogP contribution in [0, 0.1) is 5.92 Å². The molecule has 1 aliphatic carbocycles. The van der Waals surface area contributed by atoms with Gasteiger partial charge in [0.25, 0.3) is 5.91 Å². The predicted molar refractivity (Wildman–Crippen MR) is 175 cm³/mol. The highest BCUT2D eigenvalue weighted by Crippen LogP contribution is 2.44. The average Bonchev–Trinajstić information content (AvgIpc) is 3.02. The second kappa shape index (κ2) is 15.6. The SMILES string of the molecule is C[N+]1(CC2CCCCCCC2)CCC(NC(=O)C2c3ccccc3Oc3ccc(C(=O)NCCc4ccccc4)cc32)CC1.[I-]. The van der Waals surface area contributed by atoms with Crippen molar-refractivity contribution in [1.29, 1.82) is 0 Å². The summed E-state index contributed by atoms with van der Waals surface area (Å²) in [4.78, 5) is 27.2. The van der Waals surface area contributed by atoms with Crippen molar-refractivity contribution in [3.8, 4) is 11.5 Å². The molecule has 1 unspecified atom stereocenters. The molecule has 0 spiro atoms. The minimum absolute atomic E-state index is 0. The lowest BCUT2D eigenvalue weighted by Gasteiger charge is -2.43. The molecule has 3 aromatic carbocycles. The number of hydrogen-bond donors (Lipinski definition) is 2. The molecule has 2 fully saturated rings. The Hall–Kier alpha value is -2.91. The van der Waals surface area contributed by atoms with Crippen molar-refractivity contribution in [2.45, 2.75) is 76.2 Å². The molecule has 240 valence electrons. The van der Waals surface area contributed by atoms with Gasteiger partial charge in [-0.2, -0.15) is 0 Å². The number of rotatable bonds is 8. The summed E-state index contributed by atoms with van der Waals surface area (Å²) in [5, 5.41) is 6.47. The Morgan fingerprint density at radius 1 is 0.800 bits per heavy atom. The number of quaternary nitrogens is 1. The van der Waals surface area contributed by atoms with Crippen LogP contribution in [0.4, 0.5) is 0 Å². The Kier molecular flexibility index (Phi) is 11.6. The second-order valence-corrected chi connectivity index (χ2v) is 13.6. The van der Waals surface area contributed by atoms with Crippen LogP contribution >= 0.6 is 0 Å². The maximum absolute atomic E-state index is 14.1. The van der Waals surface area contributed by atoms with Crippen LogP contribution in [-0.4, -0.2) is 55.6 Å². The Morgan fingerprint density at radius 3 is 2.22 bits per heavy atom. The third kappa shape index (κ3) is 8.47. The molecule has 2 heterocycles. The smallest absolute Gasteiger partial charge is 0.251 e. The lowest BCUT2D eigenvalue weighted by Crippen LogP contribution is -3.00. The number of halogens is 1. The number of nitrogens with one attached hydrogen (secondary N) is 2. The van der Waals surface area contributed by atoms with Crippen LogP contribution in [0.15, 0.2) is 72.8 Å². The van der Waals surface area contributed by atoms with E-state index in [1.54, 1.807) is 6.07 Å². The first kappa shape index (κ1) is 33.5. The first-order chi connectivity index (χ1) is 21.5. The third-order valence-corrected chi connectivity index (χ3v) is 10.1. The molecule has 2 aliphatic heterocycles. The van der Waals surface area contributed by atoms with Gasteiger partial charge in [0.2, 0.25) is 5.91 Å². The highest BCUT2D eigenvalue weighted by molar-refractivity contribution is 5.96. The van der Waals surface area contributed by atoms with E-state index in [9.17, 15) is 9.59 Å². The fourth-order valence-electron chi connectivity index (χ4n) is 7.60. The van der Waals surface area contributed by atoms with Gasteiger partial charge in [-0.1, -0.05) is 80.6 Å². The molecule has 6 nitrogen and oxygen atoms in total. The molecule has 0 radical (unpaired) electrons. The van der Waals surface area contributed by atoms with Gasteiger partial charge >= 0.3 is 0 Å². The maximum atomic E-state index is 14.1. The number of benzene rings is 3. The molecule has 6 rings (SSSR count). The zero-order valence-electron chi connectivity index (χ0n) is 26.6. The molecule has 0 bridgehead atoms. The lowest BCUT2D eigenvalue weighted by atomic mass is 9.85. The minimum atomic E-state index is -0.523. The zero-order valence-corrected chi connectivity index (χ0v) is 28.8. The van der Waals surface area contributed by atoms with Gasteiger partial charge in [0.05, 0.1) is 32.6 Å². The van der Waals surface area contributed by atoms with Gasteiger partial charge in [-0.05, 0) is 49.1 Å². The molecule has 0 aromatic heterocycles. The van der Waals surface area contributed by atoms with Gasteiger partial charge in [0.15, 0.2) is 0 Å². The predicted octanol–water partition coefficient (Wildman–Crippen LogP) is 3.99. The standard InChI is InChI=1S/C38H47N3O3.HI/c1-41(27-29-14-6-3-2-4-7-15-29)24-21-31(22-25-41)40-38(43)36-32-16-10-11-17-34(32)44-35-19-18-30(26-33(35)36)37(42)39-23-20-28-12-8-5-9-13-28;/h5,8-13,16-19,26,29,31,36H,2-4,6-7,14-15,20-25,27H2,1H3,(H-,39,40,42,43);1H. The fraction of sp³-hybridized carbons (Fsp3) is 0.474. The summed E-state index contributed by atoms with van der Waals surface area (Å²) < 4.78 is 7.35. The third-order valence-electron chi connectivity index (χ3n) is 10.1. The van der Waals surface area contributed by atoms with Crippen LogP contribution in [0.2, 0.25) is 0 Å². The molecule has 1 atom stereocenters. The van der Waals surface area contributed by atoms with Gasteiger partial charge in [0, 0.05) is 48.0 Å². The topological polar surface area (TPSA) is 67.4 Å². The molecular formula is C38H48IN3O3. The monoisotopic (exact) mass is 721 g/mol. The van der Waals surface area contributed by atoms with Gasteiger partial charge < -0.3 is 43.8 Å². The Labute approximate surface area is 285 Å². The Bertz CT molecular complexity index is 1430. The van der Waals surface area contributed by atoms with E-state index < -0.39 is 5.92 Å². The van der Waals surface area contributed by atoms with E-state index in [-0.39, 0.29) is 41.8 Å². The molecular weight excluding hydrogens is 673 g/mol. The summed E-state index contributed by atoms with van der Waals surface area (Å²) in [7, 11) is 2.42. The normalized spacial score (nSPS) is 23.1. The van der Waals surface area contributed by atoms with Crippen molar-refractivity contribution in [3.63, 3.8) is 0 Å². The number of carbonyl (C=O) groups is 2. The van der Waals surface area contributed by atoms with E-state index in [0.717, 1.165) is 53.9 Å². The molecule has 3 aromatic rings. The number of hydrogen-bond acceptors (Lipinski definition) is 3. The largest absolute Gasteiger partial charge is 1.00 e. The van der Waals surface area contributed by atoms with Gasteiger partial charge in [-0.25, -0.2) is 0 Å². The number of ether oxygens (including phenoxy) is 1. The minimum Gasteiger partial charge on any atom is -1.00 e. The summed E-state index contributed by atoms with van der Waals surface area (Å²) in [6, 6.07) is 23.5. The van der Waals surface area contributed by atoms with E-state index >= 15 is 0 Å². The Balaban J connectivity index is 0.00000400. The van der Waals surface area contributed by atoms with Gasteiger partial charge in [-0.15, -0.1) is 0 Å². The van der Waals surface area contributed by atoms with Crippen molar-refractivity contribution in [2.24, 2.45) is 5.92 Å². The van der Waals surface area contributed by atoms with Crippen LogP contribution < -0.4 is 39.3 Å². The summed E-state index contributed by atoms with van der Waals surface area (Å²) in [5.74, 6) is 1.50. The molecule has 7 heteroatoms. The fourth-order valence-corrected chi connectivity index (χ4v) is 7.60. The first-order valence-corrected chi connectivity index (χ1v) is 16.8. The molecule has 2 N–H and O–H groups in total. The van der Waals surface area contributed by atoms with Crippen LogP contribution in [0.5, 0.6) is 11.5 Å². The van der Waals surface area contributed by atoms with E-state index in [1.807, 2.05) is 54.6 Å². The van der Waals surface area contributed by atoms with Crippen LogP contribution in [0.1, 0.15) is 90.8 Å². The average molecular weight is 722 g/mol. The molecule has 45 heavy (non-hydrogen) atoms. The molecule has 3 aliphatic rings. The number of fused-ring (bicyclic) bond motifs is 2. The zero-order chi connectivity index (χ0) is 30.4. The number of para-hydroxylation sites is 1. The van der Waals surface area contributed by atoms with Crippen LogP contribution in [0.25, 0.3) is 0 Å². The molecule has 1 saturated heterocycles. The highest BCUT2D eigenvalue weighted by Gasteiger charge is 2.37. The Morgan fingerprint density at radius 2 is 1.47 bits per heavy atom. The number of piperidine rings is 1. The quantitative estimate of drug-likeness (QED) is 0.274. The number of likely N-dealkylation sites (tertiary alicyclic amines) is 1. The lowest BCUT2D eigenvalue weighted by molar-refractivity contribution is -0.917. The van der Waals surface area contributed by atoms with E-state index in [0.29, 0.717) is 23.6 Å². The van der Waals surface area contributed by atoms with E-state index in [2.05, 4.69) is 29.8 Å². The van der Waals surface area contributed by atoms with E-state index in [4.69, 9.17) is 4.74 Å². The van der Waals surface area contributed by atoms with Crippen molar-refractivity contribution in [2.75, 3.05) is 33.2 Å². The van der Waals surface area contributed by atoms with Crippen LogP contribution in [0.3, 0.4) is 0 Å². The summed E-state index contributed by atoms with van der Waals surface area (Å²) in [5.41, 5.74) is 3.32. The van der Waals surface area contributed by atoms with Gasteiger partial charge in [-0.3, -0.25) is 9.59 Å². The van der Waals surface area contributed by atoms with Crippen molar-refractivity contribution < 1.29 is 42.8 Å². The summed E-state index contributed by atoms with van der Waals surface area (Å²) >= 11 is 0. The maximum Gasteiger partial charge on any atom is 0.251 e. The van der Waals surface area contributed by atoms with E-state index in [1.165, 1.54) is 57.1 Å². The molecule has 2 amide bonds. The first-order valence-electron chi connectivity index (χ1n) is 16.8. The number of carbonyl (C=O) groups excluding carboxylic acids is 2. The summed E-state index contributed by atoms with van der Waals surface area (Å²) in [6.07, 6.45) is 12.5. The second-order valence-electron chi connectivity index (χ2n) is 13.6. The van der Waals surface area contributed by atoms with Crippen molar-refractivity contribution in [1.82, 2.24) is 10.6 Å². The van der Waals surface area contributed by atoms with Crippen molar-refractivity contribution in [3.05, 3.63) is 95.1 Å². The van der Waals surface area contributed by atoms with Crippen molar-refractivity contribution >= 4 is 11.8 Å². The van der Waals surface area contributed by atoms with Crippen LogP contribution in [-0.2, 0) is 11.2 Å². The van der Waals surface area contributed by atoms with Gasteiger partial charge in [0.1, 0.15) is 11.5 Å². The number of nitrogens with zero attached hydrogens (tertiary/aromatic N) is 1. The summed E-state index contributed by atoms with van der Waals surface area (Å²) in [6.45, 7) is 4.03. The highest BCUT2D eigenvalue weighted by atomic mass is 127. The molecule has 1 saturated carbocycles. The number of amides is 2.